The molecule has 0 aliphatic rings. The number of carbonyl (C=O) groups excluding carboxylic acids is 3. The van der Waals surface area contributed by atoms with E-state index in [1.807, 2.05) is 0 Å². The van der Waals surface area contributed by atoms with Crippen LogP contribution in [0.3, 0.4) is 0 Å². The summed E-state index contributed by atoms with van der Waals surface area (Å²) in [7, 11) is 0. The third-order valence-electron chi connectivity index (χ3n) is 9.91. The fourth-order valence-corrected chi connectivity index (χ4v) is 6.31. The van der Waals surface area contributed by atoms with Crippen LogP contribution in [0.4, 0.5) is 0 Å². The Kier molecular flexibility index (Phi) is 44.5. The molecule has 0 N–H and O–H groups in total. The van der Waals surface area contributed by atoms with Crippen LogP contribution in [0.5, 0.6) is 0 Å². The number of unbranched alkanes of at least 4 members (excludes halogenated alkanes) is 17. The van der Waals surface area contributed by atoms with Crippen molar-refractivity contribution in [2.45, 2.75) is 219 Å². The molecule has 0 radical (unpaired) electrons. The zero-order valence-corrected chi connectivity index (χ0v) is 38.2. The first-order valence-corrected chi connectivity index (χ1v) is 24.1. The fourth-order valence-electron chi connectivity index (χ4n) is 6.31. The maximum atomic E-state index is 12.7. The van der Waals surface area contributed by atoms with Gasteiger partial charge in [0.1, 0.15) is 13.2 Å². The molecule has 0 fully saturated rings. The molecule has 0 aliphatic heterocycles. The van der Waals surface area contributed by atoms with Gasteiger partial charge in [-0.3, -0.25) is 14.4 Å². The van der Waals surface area contributed by atoms with Crippen molar-refractivity contribution in [3.63, 3.8) is 0 Å². The van der Waals surface area contributed by atoms with E-state index in [1.165, 1.54) is 77.0 Å². The van der Waals surface area contributed by atoms with Crippen LogP contribution in [0.15, 0.2) is 85.1 Å². The molecule has 0 rings (SSSR count). The highest BCUT2D eigenvalue weighted by Gasteiger charge is 2.19. The summed E-state index contributed by atoms with van der Waals surface area (Å²) in [4.78, 5) is 37.6. The second-order valence-corrected chi connectivity index (χ2v) is 15.6. The van der Waals surface area contributed by atoms with E-state index in [4.69, 9.17) is 14.2 Å². The van der Waals surface area contributed by atoms with Gasteiger partial charge in [0, 0.05) is 19.3 Å². The predicted molar refractivity (Wildman–Crippen MR) is 251 cm³/mol. The van der Waals surface area contributed by atoms with Crippen LogP contribution in [0.1, 0.15) is 213 Å². The van der Waals surface area contributed by atoms with Gasteiger partial charge in [-0.1, -0.05) is 209 Å². The van der Waals surface area contributed by atoms with Gasteiger partial charge in [-0.15, -0.1) is 0 Å². The van der Waals surface area contributed by atoms with E-state index < -0.39 is 6.10 Å². The Morgan fingerprint density at radius 2 is 0.661 bits per heavy atom. The Morgan fingerprint density at radius 3 is 1.03 bits per heavy atom. The fraction of sp³-hybridized carbons (Fsp3) is 0.679. The summed E-state index contributed by atoms with van der Waals surface area (Å²) < 4.78 is 16.6. The number of rotatable bonds is 42. The molecule has 6 heteroatoms. The van der Waals surface area contributed by atoms with Gasteiger partial charge in [-0.2, -0.15) is 0 Å². The molecule has 1 unspecified atom stereocenters. The summed E-state index contributed by atoms with van der Waals surface area (Å²) in [6.07, 6.45) is 60.2. The molecule has 59 heavy (non-hydrogen) atoms. The van der Waals surface area contributed by atoms with Crippen molar-refractivity contribution in [2.24, 2.45) is 0 Å². The number of carbonyl (C=O) groups is 3. The Morgan fingerprint density at radius 1 is 0.356 bits per heavy atom. The van der Waals surface area contributed by atoms with Crippen molar-refractivity contribution < 1.29 is 28.6 Å². The first kappa shape index (κ1) is 55.6. The number of ether oxygens (including phenoxy) is 3. The van der Waals surface area contributed by atoms with E-state index in [1.54, 1.807) is 0 Å². The summed E-state index contributed by atoms with van der Waals surface area (Å²) in [5.74, 6) is -0.967. The average Bonchev–Trinajstić information content (AvgIpc) is 3.23. The van der Waals surface area contributed by atoms with Crippen molar-refractivity contribution in [1.29, 1.82) is 0 Å². The minimum Gasteiger partial charge on any atom is -0.462 e. The van der Waals surface area contributed by atoms with Crippen LogP contribution >= 0.6 is 0 Å². The molecule has 0 aromatic carbocycles. The number of hydrogen-bond acceptors (Lipinski definition) is 6. The largest absolute Gasteiger partial charge is 0.462 e. The smallest absolute Gasteiger partial charge is 0.306 e. The van der Waals surface area contributed by atoms with Crippen LogP contribution in [0.2, 0.25) is 0 Å². The molecule has 0 heterocycles. The first-order valence-electron chi connectivity index (χ1n) is 24.1. The first-order chi connectivity index (χ1) is 29.0. The highest BCUT2D eigenvalue weighted by atomic mass is 16.6. The summed E-state index contributed by atoms with van der Waals surface area (Å²) >= 11 is 0. The monoisotopic (exact) mass is 821 g/mol. The normalized spacial score (nSPS) is 12.8. The number of allylic oxidation sites excluding steroid dienone is 14. The van der Waals surface area contributed by atoms with Gasteiger partial charge in [0.25, 0.3) is 0 Å². The van der Waals surface area contributed by atoms with E-state index >= 15 is 0 Å². The van der Waals surface area contributed by atoms with E-state index in [0.717, 1.165) is 89.9 Å². The zero-order valence-electron chi connectivity index (χ0n) is 38.2. The summed E-state index contributed by atoms with van der Waals surface area (Å²) in [5.41, 5.74) is 0. The van der Waals surface area contributed by atoms with E-state index in [2.05, 4.69) is 106 Å². The second kappa shape index (κ2) is 47.3. The molecule has 0 bridgehead atoms. The maximum absolute atomic E-state index is 12.7. The third kappa shape index (κ3) is 45.5. The molecule has 6 nitrogen and oxygen atoms in total. The lowest BCUT2D eigenvalue weighted by Gasteiger charge is -2.18. The SMILES string of the molecule is CC/C=C\C/C=C\C/C=C\C/C=C\C/C=C\C/C=C\C/C=C\CCCC(=O)OCC(COC(=O)CCCCCCCCC)OC(=O)CCCCCCCCCCCCC. The van der Waals surface area contributed by atoms with Gasteiger partial charge in [0.15, 0.2) is 6.10 Å². The minimum atomic E-state index is -0.793. The van der Waals surface area contributed by atoms with Crippen LogP contribution in [0.25, 0.3) is 0 Å². The van der Waals surface area contributed by atoms with Crippen LogP contribution in [-0.2, 0) is 28.6 Å². The van der Waals surface area contributed by atoms with Crippen LogP contribution < -0.4 is 0 Å². The third-order valence-corrected chi connectivity index (χ3v) is 9.91. The standard InChI is InChI=1S/C53H88O6/c1-4-7-10-13-16-18-20-21-22-23-24-25-26-27-28-29-30-31-33-34-37-40-43-46-52(55)58-49-50(48-57-51(54)45-42-39-36-15-12-9-6-3)59-53(56)47-44-41-38-35-32-19-17-14-11-8-5-2/h7,10,16,18,21-22,24-25,27-28,30-31,34,37,50H,4-6,8-9,11-15,17,19-20,23,26,29,32-33,35-36,38-49H2,1-3H3/b10-7-,18-16-,22-21-,25-24-,28-27-,31-30-,37-34-. The van der Waals surface area contributed by atoms with Gasteiger partial charge in [-0.05, 0) is 70.6 Å². The summed E-state index contributed by atoms with van der Waals surface area (Å²) in [5, 5.41) is 0. The molecule has 0 saturated carbocycles. The van der Waals surface area contributed by atoms with E-state index in [-0.39, 0.29) is 37.5 Å². The quantitative estimate of drug-likeness (QED) is 0.0264. The lowest BCUT2D eigenvalue weighted by atomic mass is 10.1. The van der Waals surface area contributed by atoms with Crippen molar-refractivity contribution in [3.05, 3.63) is 85.1 Å². The number of esters is 3. The van der Waals surface area contributed by atoms with E-state index in [0.29, 0.717) is 19.3 Å². The summed E-state index contributed by atoms with van der Waals surface area (Å²) in [6, 6.07) is 0. The molecular formula is C53H88O6. The van der Waals surface area contributed by atoms with Crippen molar-refractivity contribution in [2.75, 3.05) is 13.2 Å². The molecule has 1 atom stereocenters. The van der Waals surface area contributed by atoms with Crippen LogP contribution in [-0.4, -0.2) is 37.2 Å². The second-order valence-electron chi connectivity index (χ2n) is 15.6. The number of hydrogen-bond donors (Lipinski definition) is 0. The van der Waals surface area contributed by atoms with Gasteiger partial charge in [0.2, 0.25) is 0 Å². The molecular weight excluding hydrogens is 733 g/mol. The van der Waals surface area contributed by atoms with Crippen molar-refractivity contribution >= 4 is 17.9 Å². The highest BCUT2D eigenvalue weighted by molar-refractivity contribution is 5.71. The Balaban J connectivity index is 4.35. The molecule has 336 valence electrons. The lowest BCUT2D eigenvalue weighted by Crippen LogP contribution is -2.30. The molecule has 0 amide bonds. The lowest BCUT2D eigenvalue weighted by molar-refractivity contribution is -0.167. The van der Waals surface area contributed by atoms with Gasteiger partial charge in [0.05, 0.1) is 0 Å². The molecule has 0 saturated heterocycles. The maximum Gasteiger partial charge on any atom is 0.306 e. The Bertz CT molecular complexity index is 1170. The Labute approximate surface area is 363 Å². The zero-order chi connectivity index (χ0) is 43.0. The Hall–Kier alpha value is -3.41. The summed E-state index contributed by atoms with van der Waals surface area (Å²) in [6.45, 7) is 6.41. The van der Waals surface area contributed by atoms with Gasteiger partial charge in [-0.25, -0.2) is 0 Å². The molecule has 0 spiro atoms. The highest BCUT2D eigenvalue weighted by Crippen LogP contribution is 2.14. The van der Waals surface area contributed by atoms with Gasteiger partial charge < -0.3 is 14.2 Å². The molecule has 0 aromatic rings. The predicted octanol–water partition coefficient (Wildman–Crippen LogP) is 15.6. The van der Waals surface area contributed by atoms with Gasteiger partial charge >= 0.3 is 17.9 Å². The average molecular weight is 821 g/mol. The van der Waals surface area contributed by atoms with Crippen LogP contribution in [0, 0.1) is 0 Å². The van der Waals surface area contributed by atoms with Crippen molar-refractivity contribution in [1.82, 2.24) is 0 Å². The topological polar surface area (TPSA) is 78.9 Å². The minimum absolute atomic E-state index is 0.0933. The molecule has 0 aliphatic carbocycles. The van der Waals surface area contributed by atoms with E-state index in [9.17, 15) is 14.4 Å². The van der Waals surface area contributed by atoms with Crippen molar-refractivity contribution in [3.8, 4) is 0 Å². The molecule has 0 aromatic heterocycles.